The summed E-state index contributed by atoms with van der Waals surface area (Å²) in [6.45, 7) is 2.36. The van der Waals surface area contributed by atoms with Crippen LogP contribution in [0, 0.1) is 17.0 Å². The number of hydrogen-bond acceptors (Lipinski definition) is 6. The van der Waals surface area contributed by atoms with Crippen molar-refractivity contribution in [2.45, 2.75) is 11.8 Å². The molecule has 2 heterocycles. The number of sulfonamides is 1. The number of benzene rings is 2. The lowest BCUT2D eigenvalue weighted by Crippen LogP contribution is -2.50. The van der Waals surface area contributed by atoms with E-state index in [1.54, 1.807) is 11.8 Å². The smallest absolute Gasteiger partial charge is 0.270 e. The Morgan fingerprint density at radius 2 is 1.72 bits per heavy atom. The molecule has 0 N–H and O–H groups in total. The van der Waals surface area contributed by atoms with Crippen molar-refractivity contribution in [3.05, 3.63) is 80.5 Å². The van der Waals surface area contributed by atoms with Crippen molar-refractivity contribution in [3.63, 3.8) is 0 Å². The van der Waals surface area contributed by atoms with Gasteiger partial charge < -0.3 is 4.90 Å². The van der Waals surface area contributed by atoms with Crippen LogP contribution in [0.15, 0.2) is 64.9 Å². The highest BCUT2D eigenvalue weighted by atomic mass is 32.2. The molecule has 2 aromatic carbocycles. The van der Waals surface area contributed by atoms with E-state index in [2.05, 4.69) is 0 Å². The van der Waals surface area contributed by atoms with Gasteiger partial charge in [-0.2, -0.15) is 4.31 Å². The maximum absolute atomic E-state index is 13.1. The molecule has 1 aliphatic heterocycles. The summed E-state index contributed by atoms with van der Waals surface area (Å²) in [5.41, 5.74) is 2.00. The van der Waals surface area contributed by atoms with E-state index >= 15 is 0 Å². The SMILES string of the molecule is Cc1ccc([N+](=O)[O-])cc1S(=O)(=O)N1CCN(C(=O)c2sccc2-c2ccccc2)CC1. The highest BCUT2D eigenvalue weighted by Crippen LogP contribution is 2.30. The third kappa shape index (κ3) is 4.16. The van der Waals surface area contributed by atoms with Gasteiger partial charge in [-0.1, -0.05) is 36.4 Å². The average molecular weight is 472 g/mol. The van der Waals surface area contributed by atoms with Gasteiger partial charge in [0.25, 0.3) is 11.6 Å². The molecule has 1 fully saturated rings. The lowest BCUT2D eigenvalue weighted by atomic mass is 10.1. The summed E-state index contributed by atoms with van der Waals surface area (Å²) in [4.78, 5) is 25.8. The zero-order chi connectivity index (χ0) is 22.9. The molecule has 0 saturated carbocycles. The number of amides is 1. The molecule has 10 heteroatoms. The van der Waals surface area contributed by atoms with Crippen LogP contribution in [0.25, 0.3) is 11.1 Å². The molecule has 0 spiro atoms. The summed E-state index contributed by atoms with van der Waals surface area (Å²) in [7, 11) is -3.91. The Kier molecular flexibility index (Phi) is 6.09. The normalized spacial score (nSPS) is 15.0. The van der Waals surface area contributed by atoms with Gasteiger partial charge in [-0.25, -0.2) is 8.42 Å². The fourth-order valence-electron chi connectivity index (χ4n) is 3.71. The molecule has 1 aromatic heterocycles. The summed E-state index contributed by atoms with van der Waals surface area (Å²) in [5.74, 6) is -0.123. The van der Waals surface area contributed by atoms with Crippen LogP contribution in [-0.2, 0) is 10.0 Å². The molecular formula is C22H21N3O5S2. The van der Waals surface area contributed by atoms with Gasteiger partial charge in [-0.05, 0) is 29.5 Å². The molecule has 0 unspecified atom stereocenters. The van der Waals surface area contributed by atoms with Crippen LogP contribution < -0.4 is 0 Å². The minimum atomic E-state index is -3.91. The van der Waals surface area contributed by atoms with E-state index in [1.165, 1.54) is 27.8 Å². The zero-order valence-electron chi connectivity index (χ0n) is 17.3. The Morgan fingerprint density at radius 3 is 2.38 bits per heavy atom. The third-order valence-corrected chi connectivity index (χ3v) is 8.41. The average Bonchev–Trinajstić information content (AvgIpc) is 3.29. The number of carbonyl (C=O) groups is 1. The van der Waals surface area contributed by atoms with Gasteiger partial charge >= 0.3 is 0 Å². The van der Waals surface area contributed by atoms with Crippen molar-refractivity contribution in [3.8, 4) is 11.1 Å². The topological polar surface area (TPSA) is 101 Å². The van der Waals surface area contributed by atoms with Crippen molar-refractivity contribution in [1.29, 1.82) is 0 Å². The lowest BCUT2D eigenvalue weighted by Gasteiger charge is -2.34. The van der Waals surface area contributed by atoms with Crippen LogP contribution in [0.1, 0.15) is 15.2 Å². The Morgan fingerprint density at radius 1 is 1.03 bits per heavy atom. The first-order valence-electron chi connectivity index (χ1n) is 9.96. The first kappa shape index (κ1) is 22.1. The van der Waals surface area contributed by atoms with Gasteiger partial charge in [-0.15, -0.1) is 11.3 Å². The van der Waals surface area contributed by atoms with Crippen LogP contribution in [0.3, 0.4) is 0 Å². The second-order valence-corrected chi connectivity index (χ2v) is 10.3. The van der Waals surface area contributed by atoms with Gasteiger partial charge in [0.05, 0.1) is 14.7 Å². The Hall–Kier alpha value is -3.08. The van der Waals surface area contributed by atoms with Crippen LogP contribution in [0.4, 0.5) is 5.69 Å². The minimum absolute atomic E-state index is 0.0731. The van der Waals surface area contributed by atoms with Crippen molar-refractivity contribution in [2.75, 3.05) is 26.2 Å². The maximum atomic E-state index is 13.1. The summed E-state index contributed by atoms with van der Waals surface area (Å²) >= 11 is 1.37. The number of thiophene rings is 1. The number of non-ortho nitro benzene ring substituents is 1. The summed E-state index contributed by atoms with van der Waals surface area (Å²) in [6.07, 6.45) is 0. The highest BCUT2D eigenvalue weighted by Gasteiger charge is 2.33. The van der Waals surface area contributed by atoms with E-state index in [4.69, 9.17) is 0 Å². The fourth-order valence-corrected chi connectivity index (χ4v) is 6.26. The number of aryl methyl sites for hydroxylation is 1. The molecule has 1 aliphatic rings. The van der Waals surface area contributed by atoms with Crippen molar-refractivity contribution in [2.24, 2.45) is 0 Å². The summed E-state index contributed by atoms with van der Waals surface area (Å²) in [6, 6.07) is 15.4. The quantitative estimate of drug-likeness (QED) is 0.416. The molecule has 0 aliphatic carbocycles. The largest absolute Gasteiger partial charge is 0.335 e. The molecule has 0 atom stereocenters. The molecular weight excluding hydrogens is 450 g/mol. The molecule has 1 amide bonds. The number of carbonyl (C=O) groups excluding carboxylic acids is 1. The second-order valence-electron chi connectivity index (χ2n) is 7.43. The summed E-state index contributed by atoms with van der Waals surface area (Å²) in [5, 5.41) is 13.0. The van der Waals surface area contributed by atoms with Gasteiger partial charge in [0.1, 0.15) is 0 Å². The number of rotatable bonds is 5. The Balaban J connectivity index is 1.51. The molecule has 0 bridgehead atoms. The van der Waals surface area contributed by atoms with Gasteiger partial charge in [0.2, 0.25) is 10.0 Å². The van der Waals surface area contributed by atoms with Crippen molar-refractivity contribution >= 4 is 33.0 Å². The molecule has 1 saturated heterocycles. The fraction of sp³-hybridized carbons (Fsp3) is 0.227. The molecule has 32 heavy (non-hydrogen) atoms. The van der Waals surface area contributed by atoms with Crippen LogP contribution in [0.2, 0.25) is 0 Å². The second kappa shape index (κ2) is 8.81. The molecule has 4 rings (SSSR count). The maximum Gasteiger partial charge on any atom is 0.270 e. The number of nitro benzene ring substituents is 1. The first-order chi connectivity index (χ1) is 15.3. The molecule has 8 nitrogen and oxygen atoms in total. The number of hydrogen-bond donors (Lipinski definition) is 0. The van der Waals surface area contributed by atoms with Gasteiger partial charge in [-0.3, -0.25) is 14.9 Å². The van der Waals surface area contributed by atoms with Gasteiger partial charge in [0.15, 0.2) is 0 Å². The minimum Gasteiger partial charge on any atom is -0.335 e. The van der Waals surface area contributed by atoms with Crippen LogP contribution >= 0.6 is 11.3 Å². The van der Waals surface area contributed by atoms with Gasteiger partial charge in [0, 0.05) is 43.9 Å². The van der Waals surface area contributed by atoms with Crippen LogP contribution in [-0.4, -0.2) is 54.6 Å². The predicted molar refractivity (Wildman–Crippen MR) is 122 cm³/mol. The van der Waals surface area contributed by atoms with E-state index in [0.29, 0.717) is 10.4 Å². The zero-order valence-corrected chi connectivity index (χ0v) is 18.9. The number of piperazine rings is 1. The molecule has 3 aromatic rings. The first-order valence-corrected chi connectivity index (χ1v) is 12.3. The van der Waals surface area contributed by atoms with E-state index in [1.807, 2.05) is 41.8 Å². The number of nitrogens with zero attached hydrogens (tertiary/aromatic N) is 3. The lowest BCUT2D eigenvalue weighted by molar-refractivity contribution is -0.385. The highest BCUT2D eigenvalue weighted by molar-refractivity contribution is 7.89. The Labute approximate surface area is 189 Å². The monoisotopic (exact) mass is 471 g/mol. The van der Waals surface area contributed by atoms with E-state index < -0.39 is 14.9 Å². The van der Waals surface area contributed by atoms with Crippen molar-refractivity contribution < 1.29 is 18.1 Å². The Bertz CT molecular complexity index is 1260. The predicted octanol–water partition coefficient (Wildman–Crippen LogP) is 3.78. The molecule has 0 radical (unpaired) electrons. The molecule has 166 valence electrons. The third-order valence-electron chi connectivity index (χ3n) is 5.47. The number of nitro groups is 1. The van der Waals surface area contributed by atoms with Crippen LogP contribution in [0.5, 0.6) is 0 Å². The van der Waals surface area contributed by atoms with Crippen molar-refractivity contribution in [1.82, 2.24) is 9.21 Å². The standard InChI is InChI=1S/C22H21N3O5S2/c1-16-7-8-18(25(27)28)15-20(16)32(29,30)24-12-10-23(11-13-24)22(26)21-19(9-14-31-21)17-5-3-2-4-6-17/h2-9,14-15H,10-13H2,1H3. The van der Waals surface area contributed by atoms with E-state index in [-0.39, 0.29) is 42.7 Å². The van der Waals surface area contributed by atoms with E-state index in [0.717, 1.165) is 17.2 Å². The van der Waals surface area contributed by atoms with E-state index in [9.17, 15) is 23.3 Å². The summed E-state index contributed by atoms with van der Waals surface area (Å²) < 4.78 is 27.5.